The molecule has 0 saturated heterocycles. The minimum atomic E-state index is 0.781. The number of anilines is 1. The summed E-state index contributed by atoms with van der Waals surface area (Å²) in [5.41, 5.74) is 3.48. The van der Waals surface area contributed by atoms with Crippen LogP contribution in [0.2, 0.25) is 5.02 Å². The van der Waals surface area contributed by atoms with E-state index in [9.17, 15) is 0 Å². The van der Waals surface area contributed by atoms with Crippen molar-refractivity contribution in [3.05, 3.63) is 46.7 Å². The van der Waals surface area contributed by atoms with Gasteiger partial charge in [0.1, 0.15) is 0 Å². The van der Waals surface area contributed by atoms with Gasteiger partial charge in [0, 0.05) is 55.2 Å². The number of nitrogens with zero attached hydrogens (tertiary/aromatic N) is 3. The molecule has 4 nitrogen and oxygen atoms in total. The summed E-state index contributed by atoms with van der Waals surface area (Å²) in [4.78, 5) is 2.20. The molecule has 0 aliphatic carbocycles. The Bertz CT molecular complexity index is 565. The molecule has 0 fully saturated rings. The lowest BCUT2D eigenvalue weighted by Crippen LogP contribution is -2.20. The van der Waals surface area contributed by atoms with E-state index in [1.807, 2.05) is 36.3 Å². The van der Waals surface area contributed by atoms with Crippen LogP contribution in [-0.2, 0) is 20.1 Å². The summed E-state index contributed by atoms with van der Waals surface area (Å²) in [6.07, 6.45) is 3.93. The number of rotatable bonds is 6. The van der Waals surface area contributed by atoms with Crippen molar-refractivity contribution in [2.45, 2.75) is 20.0 Å². The molecule has 0 saturated carbocycles. The maximum absolute atomic E-state index is 6.33. The predicted molar refractivity (Wildman–Crippen MR) is 84.1 cm³/mol. The standard InChI is InChI=1S/C15H21ClN4/c1-4-17-9-13-14(16)6-5-7-15(13)19(2)10-12-8-18-20(3)11-12/h5-8,11,17H,4,9-10H2,1-3H3. The van der Waals surface area contributed by atoms with Crippen LogP contribution in [0.5, 0.6) is 0 Å². The Labute approximate surface area is 125 Å². The van der Waals surface area contributed by atoms with Gasteiger partial charge in [-0.2, -0.15) is 5.10 Å². The van der Waals surface area contributed by atoms with E-state index in [0.717, 1.165) is 35.9 Å². The highest BCUT2D eigenvalue weighted by Crippen LogP contribution is 2.27. The molecule has 20 heavy (non-hydrogen) atoms. The fraction of sp³-hybridized carbons (Fsp3) is 0.400. The van der Waals surface area contributed by atoms with Gasteiger partial charge in [0.15, 0.2) is 0 Å². The second-order valence-electron chi connectivity index (χ2n) is 4.90. The van der Waals surface area contributed by atoms with Crippen LogP contribution in [0.3, 0.4) is 0 Å². The quantitative estimate of drug-likeness (QED) is 0.889. The number of aromatic nitrogens is 2. The molecule has 108 valence electrons. The summed E-state index contributed by atoms with van der Waals surface area (Å²) in [7, 11) is 4.01. The van der Waals surface area contributed by atoms with Gasteiger partial charge in [-0.3, -0.25) is 4.68 Å². The van der Waals surface area contributed by atoms with Gasteiger partial charge in [0.25, 0.3) is 0 Å². The Balaban J connectivity index is 2.20. The normalized spacial score (nSPS) is 10.8. The van der Waals surface area contributed by atoms with Crippen molar-refractivity contribution in [2.75, 3.05) is 18.5 Å². The molecule has 0 radical (unpaired) electrons. The lowest BCUT2D eigenvalue weighted by molar-refractivity contribution is 0.723. The van der Waals surface area contributed by atoms with E-state index in [-0.39, 0.29) is 0 Å². The van der Waals surface area contributed by atoms with Crippen molar-refractivity contribution < 1.29 is 0 Å². The van der Waals surface area contributed by atoms with Crippen LogP contribution in [0.1, 0.15) is 18.1 Å². The van der Waals surface area contributed by atoms with Crippen molar-refractivity contribution in [1.29, 1.82) is 0 Å². The summed E-state index contributed by atoms with van der Waals surface area (Å²) in [6.45, 7) is 4.61. The first-order chi connectivity index (χ1) is 9.61. The number of benzene rings is 1. The fourth-order valence-electron chi connectivity index (χ4n) is 2.24. The van der Waals surface area contributed by atoms with Gasteiger partial charge in [-0.1, -0.05) is 24.6 Å². The first-order valence-electron chi connectivity index (χ1n) is 6.78. The highest BCUT2D eigenvalue weighted by Gasteiger charge is 2.11. The van der Waals surface area contributed by atoms with Crippen molar-refractivity contribution in [2.24, 2.45) is 7.05 Å². The van der Waals surface area contributed by atoms with E-state index >= 15 is 0 Å². The molecule has 2 rings (SSSR count). The third-order valence-corrected chi connectivity index (χ3v) is 3.59. The molecule has 2 aromatic rings. The monoisotopic (exact) mass is 292 g/mol. The molecule has 0 aliphatic heterocycles. The Kier molecular flexibility index (Phi) is 5.04. The van der Waals surface area contributed by atoms with Gasteiger partial charge in [-0.05, 0) is 18.7 Å². The molecule has 1 N–H and O–H groups in total. The average molecular weight is 293 g/mol. The maximum atomic E-state index is 6.33. The average Bonchev–Trinajstić information content (AvgIpc) is 2.82. The molecule has 0 aliphatic rings. The molecule has 0 atom stereocenters. The third kappa shape index (κ3) is 3.52. The summed E-state index contributed by atoms with van der Waals surface area (Å²) in [5.74, 6) is 0. The Morgan fingerprint density at radius 2 is 2.20 bits per heavy atom. The fourth-order valence-corrected chi connectivity index (χ4v) is 2.48. The molecule has 0 bridgehead atoms. The van der Waals surface area contributed by atoms with Crippen LogP contribution in [0.15, 0.2) is 30.6 Å². The molecule has 0 spiro atoms. The topological polar surface area (TPSA) is 33.1 Å². The van der Waals surface area contributed by atoms with E-state index in [0.29, 0.717) is 0 Å². The first kappa shape index (κ1) is 14.9. The number of hydrogen-bond donors (Lipinski definition) is 1. The molecular weight excluding hydrogens is 272 g/mol. The molecule has 5 heteroatoms. The van der Waals surface area contributed by atoms with Crippen molar-refractivity contribution >= 4 is 17.3 Å². The molecular formula is C15H21ClN4. The number of aryl methyl sites for hydroxylation is 1. The number of nitrogens with one attached hydrogen (secondary N) is 1. The minimum Gasteiger partial charge on any atom is -0.370 e. The number of hydrogen-bond acceptors (Lipinski definition) is 3. The van der Waals surface area contributed by atoms with Crippen LogP contribution in [0, 0.1) is 0 Å². The van der Waals surface area contributed by atoms with Crippen LogP contribution < -0.4 is 10.2 Å². The largest absolute Gasteiger partial charge is 0.370 e. The first-order valence-corrected chi connectivity index (χ1v) is 7.16. The van der Waals surface area contributed by atoms with E-state index in [4.69, 9.17) is 11.6 Å². The van der Waals surface area contributed by atoms with Gasteiger partial charge in [0.05, 0.1) is 6.20 Å². The Morgan fingerprint density at radius 3 is 2.85 bits per heavy atom. The van der Waals surface area contributed by atoms with E-state index < -0.39 is 0 Å². The number of halogens is 1. The zero-order chi connectivity index (χ0) is 14.5. The molecule has 0 unspecified atom stereocenters. The van der Waals surface area contributed by atoms with E-state index in [2.05, 4.69) is 35.4 Å². The van der Waals surface area contributed by atoms with Gasteiger partial charge >= 0.3 is 0 Å². The van der Waals surface area contributed by atoms with Gasteiger partial charge in [-0.15, -0.1) is 0 Å². The van der Waals surface area contributed by atoms with Crippen LogP contribution in [0.4, 0.5) is 5.69 Å². The lowest BCUT2D eigenvalue weighted by atomic mass is 10.1. The molecule has 1 heterocycles. The van der Waals surface area contributed by atoms with Crippen LogP contribution in [0.25, 0.3) is 0 Å². The van der Waals surface area contributed by atoms with E-state index in [1.54, 1.807) is 0 Å². The summed E-state index contributed by atoms with van der Waals surface area (Å²) in [5, 5.41) is 8.35. The molecule has 1 aromatic carbocycles. The van der Waals surface area contributed by atoms with Gasteiger partial charge in [-0.25, -0.2) is 0 Å². The highest BCUT2D eigenvalue weighted by molar-refractivity contribution is 6.31. The second-order valence-corrected chi connectivity index (χ2v) is 5.30. The Hall–Kier alpha value is -1.52. The molecule has 1 aromatic heterocycles. The summed E-state index contributed by atoms with van der Waals surface area (Å²) in [6, 6.07) is 6.04. The Morgan fingerprint density at radius 1 is 1.40 bits per heavy atom. The third-order valence-electron chi connectivity index (χ3n) is 3.24. The van der Waals surface area contributed by atoms with Gasteiger partial charge < -0.3 is 10.2 Å². The smallest absolute Gasteiger partial charge is 0.0539 e. The predicted octanol–water partition coefficient (Wildman–Crippen LogP) is 2.82. The zero-order valence-corrected chi connectivity index (χ0v) is 13.0. The van der Waals surface area contributed by atoms with E-state index in [1.165, 1.54) is 5.56 Å². The zero-order valence-electron chi connectivity index (χ0n) is 12.2. The highest BCUT2D eigenvalue weighted by atomic mass is 35.5. The lowest BCUT2D eigenvalue weighted by Gasteiger charge is -2.23. The SMILES string of the molecule is CCNCc1c(Cl)cccc1N(C)Cc1cnn(C)c1. The van der Waals surface area contributed by atoms with Crippen molar-refractivity contribution in [1.82, 2.24) is 15.1 Å². The minimum absolute atomic E-state index is 0.781. The maximum Gasteiger partial charge on any atom is 0.0539 e. The molecule has 0 amide bonds. The summed E-state index contributed by atoms with van der Waals surface area (Å²) >= 11 is 6.33. The van der Waals surface area contributed by atoms with Crippen molar-refractivity contribution in [3.8, 4) is 0 Å². The van der Waals surface area contributed by atoms with Crippen molar-refractivity contribution in [3.63, 3.8) is 0 Å². The van der Waals surface area contributed by atoms with Gasteiger partial charge in [0.2, 0.25) is 0 Å². The van der Waals surface area contributed by atoms with Crippen LogP contribution in [-0.4, -0.2) is 23.4 Å². The second kappa shape index (κ2) is 6.77. The van der Waals surface area contributed by atoms with Crippen LogP contribution >= 0.6 is 11.6 Å². The summed E-state index contributed by atoms with van der Waals surface area (Å²) < 4.78 is 1.82.